The Morgan fingerprint density at radius 3 is 2.17 bits per heavy atom. The van der Waals surface area contributed by atoms with Gasteiger partial charge in [-0.3, -0.25) is 0 Å². The summed E-state index contributed by atoms with van der Waals surface area (Å²) >= 11 is 6.37. The molecule has 1 aliphatic carbocycles. The monoisotopic (exact) mass is 188 g/mol. The van der Waals surface area contributed by atoms with E-state index in [1.807, 2.05) is 0 Å². The van der Waals surface area contributed by atoms with Crippen molar-refractivity contribution >= 4 is 11.6 Å². The summed E-state index contributed by atoms with van der Waals surface area (Å²) in [6, 6.07) is 0. The van der Waals surface area contributed by atoms with Crippen molar-refractivity contribution in [2.24, 2.45) is 23.7 Å². The summed E-state index contributed by atoms with van der Waals surface area (Å²) in [7, 11) is 0. The van der Waals surface area contributed by atoms with Gasteiger partial charge in [-0.05, 0) is 36.5 Å². The van der Waals surface area contributed by atoms with Gasteiger partial charge in [-0.15, -0.1) is 11.6 Å². The normalized spacial score (nSPS) is 43.5. The molecule has 0 heterocycles. The van der Waals surface area contributed by atoms with E-state index in [1.165, 1.54) is 12.8 Å². The molecule has 0 spiro atoms. The molecule has 0 bridgehead atoms. The van der Waals surface area contributed by atoms with Crippen LogP contribution in [0.5, 0.6) is 0 Å². The van der Waals surface area contributed by atoms with Crippen molar-refractivity contribution in [3.05, 3.63) is 0 Å². The van der Waals surface area contributed by atoms with Gasteiger partial charge in [-0.25, -0.2) is 0 Å². The lowest BCUT2D eigenvalue weighted by Crippen LogP contribution is -2.34. The van der Waals surface area contributed by atoms with Gasteiger partial charge in [0.1, 0.15) is 0 Å². The molecule has 0 radical (unpaired) electrons. The summed E-state index contributed by atoms with van der Waals surface area (Å²) in [6.45, 7) is 9.28. The van der Waals surface area contributed by atoms with Crippen LogP contribution in [0.15, 0.2) is 0 Å². The topological polar surface area (TPSA) is 0 Å². The van der Waals surface area contributed by atoms with Crippen molar-refractivity contribution < 1.29 is 0 Å². The van der Waals surface area contributed by atoms with Crippen LogP contribution in [0.1, 0.15) is 40.5 Å². The van der Waals surface area contributed by atoms with Gasteiger partial charge in [0, 0.05) is 5.38 Å². The van der Waals surface area contributed by atoms with E-state index in [9.17, 15) is 0 Å². The molecule has 0 aromatic heterocycles. The zero-order chi connectivity index (χ0) is 9.30. The standard InChI is InChI=1S/C11H21Cl/c1-7(2)11-9(4)5-8(3)6-10(11)12/h7-11H,5-6H2,1-4H3/t8-,9?,10?,11?/m1/s1. The third-order valence-electron chi connectivity index (χ3n) is 3.25. The summed E-state index contributed by atoms with van der Waals surface area (Å²) in [6.07, 6.45) is 2.58. The Kier molecular flexibility index (Phi) is 3.46. The molecule has 1 rings (SSSR count). The van der Waals surface area contributed by atoms with Gasteiger partial charge < -0.3 is 0 Å². The van der Waals surface area contributed by atoms with Gasteiger partial charge in [-0.1, -0.05) is 27.7 Å². The third-order valence-corrected chi connectivity index (χ3v) is 3.72. The van der Waals surface area contributed by atoms with Crippen LogP contribution in [-0.2, 0) is 0 Å². The van der Waals surface area contributed by atoms with E-state index in [0.717, 1.165) is 23.7 Å². The molecule has 0 aromatic rings. The highest BCUT2D eigenvalue weighted by atomic mass is 35.5. The molecule has 0 nitrogen and oxygen atoms in total. The van der Waals surface area contributed by atoms with E-state index in [1.54, 1.807) is 0 Å². The molecule has 12 heavy (non-hydrogen) atoms. The summed E-state index contributed by atoms with van der Waals surface area (Å²) in [4.78, 5) is 0. The largest absolute Gasteiger partial charge is 0.123 e. The molecule has 0 N–H and O–H groups in total. The fourth-order valence-electron chi connectivity index (χ4n) is 2.86. The zero-order valence-electron chi connectivity index (χ0n) is 8.68. The first-order valence-electron chi connectivity index (χ1n) is 5.16. The maximum Gasteiger partial charge on any atom is 0.0371 e. The van der Waals surface area contributed by atoms with E-state index in [4.69, 9.17) is 11.6 Å². The average Bonchev–Trinajstić information content (AvgIpc) is 1.82. The Morgan fingerprint density at radius 2 is 1.75 bits per heavy atom. The van der Waals surface area contributed by atoms with Gasteiger partial charge >= 0.3 is 0 Å². The Bertz CT molecular complexity index is 130. The highest BCUT2D eigenvalue weighted by molar-refractivity contribution is 6.20. The van der Waals surface area contributed by atoms with Crippen molar-refractivity contribution in [1.29, 1.82) is 0 Å². The van der Waals surface area contributed by atoms with Crippen molar-refractivity contribution in [1.82, 2.24) is 0 Å². The summed E-state index contributed by atoms with van der Waals surface area (Å²) in [5.41, 5.74) is 0. The van der Waals surface area contributed by atoms with Gasteiger partial charge in [0.2, 0.25) is 0 Å². The van der Waals surface area contributed by atoms with Crippen LogP contribution in [0, 0.1) is 23.7 Å². The zero-order valence-corrected chi connectivity index (χ0v) is 9.43. The average molecular weight is 189 g/mol. The molecule has 72 valence electrons. The van der Waals surface area contributed by atoms with E-state index < -0.39 is 0 Å². The molecule has 0 aliphatic heterocycles. The molecule has 1 aliphatic rings. The highest BCUT2D eigenvalue weighted by Crippen LogP contribution is 2.40. The maximum absolute atomic E-state index is 6.37. The van der Waals surface area contributed by atoms with Crippen molar-refractivity contribution in [3.8, 4) is 0 Å². The Hall–Kier alpha value is 0.290. The highest BCUT2D eigenvalue weighted by Gasteiger charge is 2.34. The molecule has 1 heteroatoms. The minimum atomic E-state index is 0.420. The van der Waals surface area contributed by atoms with Crippen LogP contribution in [0.3, 0.4) is 0 Å². The van der Waals surface area contributed by atoms with Crippen molar-refractivity contribution in [2.45, 2.75) is 45.9 Å². The molecule has 4 atom stereocenters. The van der Waals surface area contributed by atoms with E-state index in [0.29, 0.717) is 5.38 Å². The predicted octanol–water partition coefficient (Wildman–Crippen LogP) is 3.93. The molecule has 0 saturated heterocycles. The van der Waals surface area contributed by atoms with E-state index in [-0.39, 0.29) is 0 Å². The van der Waals surface area contributed by atoms with Crippen LogP contribution in [0.2, 0.25) is 0 Å². The van der Waals surface area contributed by atoms with Crippen LogP contribution in [0.4, 0.5) is 0 Å². The van der Waals surface area contributed by atoms with Crippen molar-refractivity contribution in [3.63, 3.8) is 0 Å². The van der Waals surface area contributed by atoms with Crippen LogP contribution in [0.25, 0.3) is 0 Å². The summed E-state index contributed by atoms with van der Waals surface area (Å²) in [5.74, 6) is 3.13. The minimum absolute atomic E-state index is 0.420. The molecule has 1 fully saturated rings. The number of alkyl halides is 1. The summed E-state index contributed by atoms with van der Waals surface area (Å²) in [5, 5.41) is 0.420. The fraction of sp³-hybridized carbons (Fsp3) is 1.00. The second-order valence-electron chi connectivity index (χ2n) is 4.89. The summed E-state index contributed by atoms with van der Waals surface area (Å²) < 4.78 is 0. The smallest absolute Gasteiger partial charge is 0.0371 e. The first-order chi connectivity index (χ1) is 5.52. The molecule has 3 unspecified atom stereocenters. The quantitative estimate of drug-likeness (QED) is 0.547. The predicted molar refractivity (Wildman–Crippen MR) is 55.5 cm³/mol. The second-order valence-corrected chi connectivity index (χ2v) is 5.45. The Morgan fingerprint density at radius 1 is 1.17 bits per heavy atom. The SMILES string of the molecule is CC(C)C1C(C)C[C@@H](C)CC1Cl. The Balaban J connectivity index is 2.60. The first kappa shape index (κ1) is 10.4. The van der Waals surface area contributed by atoms with Gasteiger partial charge in [0.25, 0.3) is 0 Å². The lowest BCUT2D eigenvalue weighted by molar-refractivity contribution is 0.163. The van der Waals surface area contributed by atoms with Gasteiger partial charge in [-0.2, -0.15) is 0 Å². The fourth-order valence-corrected chi connectivity index (χ4v) is 3.70. The molecular weight excluding hydrogens is 168 g/mol. The van der Waals surface area contributed by atoms with Crippen LogP contribution < -0.4 is 0 Å². The Labute approximate surface area is 81.7 Å². The lowest BCUT2D eigenvalue weighted by atomic mass is 9.71. The number of hydrogen-bond acceptors (Lipinski definition) is 0. The van der Waals surface area contributed by atoms with Gasteiger partial charge in [0.15, 0.2) is 0 Å². The molecular formula is C11H21Cl. The maximum atomic E-state index is 6.37. The number of halogens is 1. The molecule has 0 amide bonds. The van der Waals surface area contributed by atoms with E-state index >= 15 is 0 Å². The number of rotatable bonds is 1. The van der Waals surface area contributed by atoms with Crippen LogP contribution >= 0.6 is 11.6 Å². The molecule has 0 aromatic carbocycles. The minimum Gasteiger partial charge on any atom is -0.123 e. The van der Waals surface area contributed by atoms with Crippen molar-refractivity contribution in [2.75, 3.05) is 0 Å². The number of hydrogen-bond donors (Lipinski definition) is 0. The second kappa shape index (κ2) is 4.00. The molecule has 1 saturated carbocycles. The van der Waals surface area contributed by atoms with Gasteiger partial charge in [0.05, 0.1) is 0 Å². The van der Waals surface area contributed by atoms with Crippen LogP contribution in [-0.4, -0.2) is 5.38 Å². The lowest BCUT2D eigenvalue weighted by Gasteiger charge is -2.39. The third kappa shape index (κ3) is 2.16. The first-order valence-corrected chi connectivity index (χ1v) is 5.60. The van der Waals surface area contributed by atoms with E-state index in [2.05, 4.69) is 27.7 Å².